The zero-order valence-corrected chi connectivity index (χ0v) is 15.8. The van der Waals surface area contributed by atoms with E-state index in [1.807, 2.05) is 6.92 Å². The molecule has 0 spiro atoms. The number of nitrogens with one attached hydrogen (secondary N) is 1. The Kier molecular flexibility index (Phi) is 4.91. The molecule has 1 unspecified atom stereocenters. The van der Waals surface area contributed by atoms with E-state index in [2.05, 4.69) is 56.2 Å². The maximum atomic E-state index is 5.00. The van der Waals surface area contributed by atoms with Crippen LogP contribution in [-0.2, 0) is 25.9 Å². The smallest absolute Gasteiger partial charge is 0.194 e. The van der Waals surface area contributed by atoms with Crippen LogP contribution in [0.1, 0.15) is 36.1 Å². The van der Waals surface area contributed by atoms with Gasteiger partial charge in [-0.2, -0.15) is 0 Å². The van der Waals surface area contributed by atoms with Gasteiger partial charge in [-0.3, -0.25) is 4.99 Å². The van der Waals surface area contributed by atoms with Gasteiger partial charge < -0.3 is 14.8 Å². The summed E-state index contributed by atoms with van der Waals surface area (Å²) in [4.78, 5) is 7.39. The van der Waals surface area contributed by atoms with Crippen molar-refractivity contribution in [2.75, 3.05) is 19.6 Å². The van der Waals surface area contributed by atoms with Crippen molar-refractivity contribution >= 4 is 5.96 Å². The molecular weight excluding hydrogens is 324 g/mol. The van der Waals surface area contributed by atoms with Crippen molar-refractivity contribution < 1.29 is 0 Å². The van der Waals surface area contributed by atoms with E-state index in [4.69, 9.17) is 4.99 Å². The third-order valence-corrected chi connectivity index (χ3v) is 5.49. The van der Waals surface area contributed by atoms with Gasteiger partial charge in [0.2, 0.25) is 0 Å². The van der Waals surface area contributed by atoms with Gasteiger partial charge in [0.1, 0.15) is 11.6 Å². The quantitative estimate of drug-likeness (QED) is 0.679. The first-order chi connectivity index (χ1) is 12.7. The number of hydrogen-bond donors (Lipinski definition) is 1. The van der Waals surface area contributed by atoms with E-state index in [0.29, 0.717) is 5.92 Å². The fraction of sp³-hybridized carbons (Fsp3) is 0.550. The molecule has 4 rings (SSSR count). The first kappa shape index (κ1) is 17.1. The van der Waals surface area contributed by atoms with Crippen LogP contribution < -0.4 is 5.32 Å². The van der Waals surface area contributed by atoms with Gasteiger partial charge in [0.05, 0.1) is 0 Å². The molecule has 0 saturated heterocycles. The lowest BCUT2D eigenvalue weighted by molar-refractivity contribution is 0.356. The molecule has 2 aliphatic heterocycles. The predicted octanol–water partition coefficient (Wildman–Crippen LogP) is 2.17. The molecule has 0 amide bonds. The summed E-state index contributed by atoms with van der Waals surface area (Å²) < 4.78 is 2.26. The number of rotatable bonds is 3. The van der Waals surface area contributed by atoms with Crippen LogP contribution in [0.4, 0.5) is 0 Å². The van der Waals surface area contributed by atoms with Gasteiger partial charge in [0.25, 0.3) is 0 Å². The van der Waals surface area contributed by atoms with Gasteiger partial charge in [-0.05, 0) is 43.7 Å². The summed E-state index contributed by atoms with van der Waals surface area (Å²) in [5.41, 5.74) is 2.90. The summed E-state index contributed by atoms with van der Waals surface area (Å²) in [6.45, 7) is 8.90. The fourth-order valence-electron chi connectivity index (χ4n) is 4.00. The highest BCUT2D eigenvalue weighted by molar-refractivity contribution is 5.80. The first-order valence-electron chi connectivity index (χ1n) is 9.73. The average Bonchev–Trinajstić information content (AvgIpc) is 3.05. The lowest BCUT2D eigenvalue weighted by Crippen LogP contribution is -2.44. The highest BCUT2D eigenvalue weighted by Gasteiger charge is 2.23. The van der Waals surface area contributed by atoms with Crippen LogP contribution in [0.3, 0.4) is 0 Å². The lowest BCUT2D eigenvalue weighted by atomic mass is 9.99. The summed E-state index contributed by atoms with van der Waals surface area (Å²) in [5, 5.41) is 12.0. The van der Waals surface area contributed by atoms with Gasteiger partial charge in [-0.25, -0.2) is 0 Å². The number of benzene rings is 1. The largest absolute Gasteiger partial charge is 0.357 e. The number of hydrogen-bond acceptors (Lipinski definition) is 3. The van der Waals surface area contributed by atoms with Crippen molar-refractivity contribution in [3.05, 3.63) is 47.0 Å². The highest BCUT2D eigenvalue weighted by Crippen LogP contribution is 2.21. The zero-order chi connectivity index (χ0) is 17.9. The number of fused-ring (bicyclic) bond motifs is 2. The minimum absolute atomic E-state index is 0.558. The molecule has 1 N–H and O–H groups in total. The molecule has 2 aliphatic rings. The number of aromatic nitrogens is 3. The van der Waals surface area contributed by atoms with Gasteiger partial charge in [0.15, 0.2) is 5.96 Å². The van der Waals surface area contributed by atoms with Crippen molar-refractivity contribution in [1.82, 2.24) is 25.0 Å². The van der Waals surface area contributed by atoms with Crippen LogP contribution in [0, 0.1) is 12.8 Å². The number of nitrogens with zero attached hydrogens (tertiary/aromatic N) is 5. The van der Waals surface area contributed by atoms with Gasteiger partial charge in [-0.1, -0.05) is 24.3 Å². The Balaban J connectivity index is 1.44. The Hall–Kier alpha value is -2.37. The van der Waals surface area contributed by atoms with Crippen LogP contribution in [-0.4, -0.2) is 45.3 Å². The number of aliphatic imine (C=N–C) groups is 1. The predicted molar refractivity (Wildman–Crippen MR) is 103 cm³/mol. The summed E-state index contributed by atoms with van der Waals surface area (Å²) in [7, 11) is 0. The van der Waals surface area contributed by atoms with E-state index < -0.39 is 0 Å². The Morgan fingerprint density at radius 2 is 2.08 bits per heavy atom. The Labute approximate surface area is 155 Å². The van der Waals surface area contributed by atoms with E-state index in [0.717, 1.165) is 69.6 Å². The Bertz CT molecular complexity index is 793. The molecule has 26 heavy (non-hydrogen) atoms. The second-order valence-electron chi connectivity index (χ2n) is 7.31. The standard InChI is InChI=1S/C20H28N6/c1-3-21-20(25-11-10-17-6-4-5-7-18(17)14-25)22-12-16-8-9-19-24-23-15(2)26(19)13-16/h4-7,16H,3,8-14H2,1-2H3,(H,21,22). The number of aryl methyl sites for hydroxylation is 2. The van der Waals surface area contributed by atoms with Crippen LogP contribution in [0.2, 0.25) is 0 Å². The molecule has 138 valence electrons. The third-order valence-electron chi connectivity index (χ3n) is 5.49. The van der Waals surface area contributed by atoms with E-state index in [9.17, 15) is 0 Å². The van der Waals surface area contributed by atoms with E-state index in [1.165, 1.54) is 11.1 Å². The summed E-state index contributed by atoms with van der Waals surface area (Å²) in [6.07, 6.45) is 3.24. The van der Waals surface area contributed by atoms with Crippen molar-refractivity contribution in [1.29, 1.82) is 0 Å². The molecule has 0 bridgehead atoms. The molecule has 6 nitrogen and oxygen atoms in total. The second kappa shape index (κ2) is 7.48. The summed E-state index contributed by atoms with van der Waals surface area (Å²) in [6, 6.07) is 8.76. The molecule has 3 heterocycles. The molecule has 6 heteroatoms. The maximum Gasteiger partial charge on any atom is 0.194 e. The maximum absolute atomic E-state index is 5.00. The average molecular weight is 352 g/mol. The van der Waals surface area contributed by atoms with Gasteiger partial charge >= 0.3 is 0 Å². The monoisotopic (exact) mass is 352 g/mol. The summed E-state index contributed by atoms with van der Waals surface area (Å²) in [5.74, 6) is 3.76. The molecule has 0 aliphatic carbocycles. The van der Waals surface area contributed by atoms with Crippen molar-refractivity contribution in [3.63, 3.8) is 0 Å². The molecule has 1 aromatic heterocycles. The minimum Gasteiger partial charge on any atom is -0.357 e. The molecule has 0 fully saturated rings. The van der Waals surface area contributed by atoms with Crippen LogP contribution in [0.15, 0.2) is 29.3 Å². The van der Waals surface area contributed by atoms with Crippen LogP contribution in [0.5, 0.6) is 0 Å². The highest BCUT2D eigenvalue weighted by atomic mass is 15.3. The van der Waals surface area contributed by atoms with E-state index in [1.54, 1.807) is 0 Å². The molecule has 0 radical (unpaired) electrons. The first-order valence-corrected chi connectivity index (χ1v) is 9.73. The molecular formula is C20H28N6. The van der Waals surface area contributed by atoms with Crippen molar-refractivity contribution in [2.45, 2.75) is 46.2 Å². The molecule has 0 saturated carbocycles. The normalized spacial score (nSPS) is 19.8. The minimum atomic E-state index is 0.558. The lowest BCUT2D eigenvalue weighted by Gasteiger charge is -2.32. The topological polar surface area (TPSA) is 58.3 Å². The third kappa shape index (κ3) is 3.45. The Morgan fingerprint density at radius 3 is 2.92 bits per heavy atom. The Morgan fingerprint density at radius 1 is 1.23 bits per heavy atom. The van der Waals surface area contributed by atoms with Crippen molar-refractivity contribution in [2.24, 2.45) is 10.9 Å². The molecule has 2 aromatic rings. The SMILES string of the molecule is CCNC(=NCC1CCc2nnc(C)n2C1)N1CCc2ccccc2C1. The molecule has 1 atom stereocenters. The van der Waals surface area contributed by atoms with Gasteiger partial charge in [-0.15, -0.1) is 10.2 Å². The van der Waals surface area contributed by atoms with Crippen LogP contribution >= 0.6 is 0 Å². The van der Waals surface area contributed by atoms with E-state index >= 15 is 0 Å². The number of guanidine groups is 1. The van der Waals surface area contributed by atoms with E-state index in [-0.39, 0.29) is 0 Å². The second-order valence-corrected chi connectivity index (χ2v) is 7.31. The van der Waals surface area contributed by atoms with Crippen LogP contribution in [0.25, 0.3) is 0 Å². The zero-order valence-electron chi connectivity index (χ0n) is 15.8. The van der Waals surface area contributed by atoms with Crippen molar-refractivity contribution in [3.8, 4) is 0 Å². The van der Waals surface area contributed by atoms with Gasteiger partial charge in [0, 0.05) is 39.1 Å². The fourth-order valence-corrected chi connectivity index (χ4v) is 4.00. The summed E-state index contributed by atoms with van der Waals surface area (Å²) >= 11 is 0. The molecule has 1 aromatic carbocycles.